The Kier molecular flexibility index (Phi) is 4.97. The number of hydrogen-bond acceptors (Lipinski definition) is 3. The van der Waals surface area contributed by atoms with Crippen LogP contribution >= 0.6 is 0 Å². The van der Waals surface area contributed by atoms with Crippen molar-refractivity contribution in [3.05, 3.63) is 35.9 Å². The van der Waals surface area contributed by atoms with Gasteiger partial charge in [0, 0.05) is 6.42 Å². The summed E-state index contributed by atoms with van der Waals surface area (Å²) in [7, 11) is 0. The summed E-state index contributed by atoms with van der Waals surface area (Å²) in [5.41, 5.74) is 1.14. The zero-order chi connectivity index (χ0) is 13.8. The van der Waals surface area contributed by atoms with Crippen molar-refractivity contribution in [2.75, 3.05) is 0 Å². The molecule has 106 valence electrons. The van der Waals surface area contributed by atoms with Crippen LogP contribution in [0.25, 0.3) is 0 Å². The van der Waals surface area contributed by atoms with Crippen LogP contribution in [0, 0.1) is 5.92 Å². The number of rotatable bonds is 5. The van der Waals surface area contributed by atoms with Gasteiger partial charge in [0.25, 0.3) is 0 Å². The topological polar surface area (TPSA) is 38.7 Å². The lowest BCUT2D eigenvalue weighted by atomic mass is 10.0. The van der Waals surface area contributed by atoms with Gasteiger partial charge in [0.1, 0.15) is 6.10 Å². The van der Waals surface area contributed by atoms with Crippen LogP contribution in [-0.2, 0) is 16.1 Å². The highest BCUT2D eigenvalue weighted by atomic mass is 16.6. The molecule has 1 fully saturated rings. The van der Waals surface area contributed by atoms with Crippen molar-refractivity contribution in [2.45, 2.75) is 58.2 Å². The monoisotopic (exact) mass is 264 g/mol. The highest BCUT2D eigenvalue weighted by molar-refractivity contribution is 5.13. The maximum atomic E-state index is 10.1. The van der Waals surface area contributed by atoms with Crippen LogP contribution in [0.2, 0.25) is 0 Å². The fraction of sp³-hybridized carbons (Fsp3) is 0.625. The van der Waals surface area contributed by atoms with Crippen molar-refractivity contribution < 1.29 is 14.6 Å². The van der Waals surface area contributed by atoms with Gasteiger partial charge in [-0.15, -0.1) is 0 Å². The zero-order valence-corrected chi connectivity index (χ0v) is 12.0. The van der Waals surface area contributed by atoms with Crippen LogP contribution in [0.5, 0.6) is 0 Å². The average Bonchev–Trinajstić information content (AvgIpc) is 2.80. The Labute approximate surface area is 115 Å². The summed E-state index contributed by atoms with van der Waals surface area (Å²) in [6.45, 7) is 6.77. The number of hydrogen-bond donors (Lipinski definition) is 1. The SMILES string of the molecule is CC(C)[C@H]1C[C@H](O)[C@@H]([C@H](C)OCc2ccccc2)O1. The third-order valence-corrected chi connectivity index (χ3v) is 3.75. The molecule has 1 aromatic carbocycles. The quantitative estimate of drug-likeness (QED) is 0.888. The molecule has 0 aromatic heterocycles. The molecule has 19 heavy (non-hydrogen) atoms. The molecular weight excluding hydrogens is 240 g/mol. The normalized spacial score (nSPS) is 28.8. The van der Waals surface area contributed by atoms with Gasteiger partial charge in [0.05, 0.1) is 24.9 Å². The third-order valence-electron chi connectivity index (χ3n) is 3.75. The van der Waals surface area contributed by atoms with E-state index in [1.54, 1.807) is 0 Å². The molecule has 4 atom stereocenters. The lowest BCUT2D eigenvalue weighted by Crippen LogP contribution is -2.34. The van der Waals surface area contributed by atoms with E-state index in [0.717, 1.165) is 5.56 Å². The minimum Gasteiger partial charge on any atom is -0.390 e. The van der Waals surface area contributed by atoms with Crippen LogP contribution in [0.3, 0.4) is 0 Å². The minimum absolute atomic E-state index is 0.0982. The molecule has 0 spiro atoms. The van der Waals surface area contributed by atoms with Crippen LogP contribution in [0.15, 0.2) is 30.3 Å². The Balaban J connectivity index is 1.85. The van der Waals surface area contributed by atoms with Gasteiger partial charge in [-0.1, -0.05) is 44.2 Å². The Morgan fingerprint density at radius 1 is 1.26 bits per heavy atom. The molecule has 1 N–H and O–H groups in total. The first-order chi connectivity index (χ1) is 9.08. The van der Waals surface area contributed by atoms with E-state index in [1.807, 2.05) is 37.3 Å². The number of aliphatic hydroxyl groups excluding tert-OH is 1. The van der Waals surface area contributed by atoms with Gasteiger partial charge >= 0.3 is 0 Å². The van der Waals surface area contributed by atoms with Gasteiger partial charge in [0.15, 0.2) is 0 Å². The van der Waals surface area contributed by atoms with Crippen molar-refractivity contribution in [3.8, 4) is 0 Å². The standard InChI is InChI=1S/C16H24O3/c1-11(2)15-9-14(17)16(19-15)12(3)18-10-13-7-5-4-6-8-13/h4-8,11-12,14-17H,9-10H2,1-3H3/t12-,14-,15+,16+/m0/s1. The Morgan fingerprint density at radius 2 is 1.95 bits per heavy atom. The maximum absolute atomic E-state index is 10.1. The van der Waals surface area contributed by atoms with Gasteiger partial charge in [-0.05, 0) is 18.4 Å². The summed E-state index contributed by atoms with van der Waals surface area (Å²) in [5.74, 6) is 0.431. The van der Waals surface area contributed by atoms with Crippen LogP contribution in [-0.4, -0.2) is 29.5 Å². The summed E-state index contributed by atoms with van der Waals surface area (Å²) < 4.78 is 11.7. The summed E-state index contributed by atoms with van der Waals surface area (Å²) in [4.78, 5) is 0. The predicted molar refractivity (Wildman–Crippen MR) is 74.8 cm³/mol. The van der Waals surface area contributed by atoms with Crippen LogP contribution in [0.4, 0.5) is 0 Å². The second kappa shape index (κ2) is 6.51. The highest BCUT2D eigenvalue weighted by Gasteiger charge is 2.38. The molecule has 0 unspecified atom stereocenters. The number of ether oxygens (including phenoxy) is 2. The number of benzene rings is 1. The van der Waals surface area contributed by atoms with E-state index in [2.05, 4.69) is 13.8 Å². The second-order valence-corrected chi connectivity index (χ2v) is 5.69. The molecule has 0 saturated carbocycles. The first kappa shape index (κ1) is 14.5. The molecule has 1 saturated heterocycles. The van der Waals surface area contributed by atoms with E-state index in [0.29, 0.717) is 18.9 Å². The van der Waals surface area contributed by atoms with Gasteiger partial charge in [-0.3, -0.25) is 0 Å². The molecule has 3 heteroatoms. The van der Waals surface area contributed by atoms with Gasteiger partial charge in [-0.2, -0.15) is 0 Å². The first-order valence-corrected chi connectivity index (χ1v) is 7.07. The molecule has 0 radical (unpaired) electrons. The largest absolute Gasteiger partial charge is 0.390 e. The van der Waals surface area contributed by atoms with E-state index in [9.17, 15) is 5.11 Å². The summed E-state index contributed by atoms with van der Waals surface area (Å²) in [6.07, 6.45) is 0.123. The first-order valence-electron chi connectivity index (χ1n) is 7.07. The molecule has 0 bridgehead atoms. The lowest BCUT2D eigenvalue weighted by molar-refractivity contribution is -0.0978. The van der Waals surface area contributed by atoms with E-state index in [4.69, 9.17) is 9.47 Å². The third kappa shape index (κ3) is 3.78. The Hall–Kier alpha value is -0.900. The molecule has 3 nitrogen and oxygen atoms in total. The molecule has 1 aliphatic rings. The van der Waals surface area contributed by atoms with Crippen LogP contribution in [0.1, 0.15) is 32.8 Å². The maximum Gasteiger partial charge on any atom is 0.110 e. The number of aliphatic hydroxyl groups is 1. The Morgan fingerprint density at radius 3 is 2.53 bits per heavy atom. The van der Waals surface area contributed by atoms with Crippen molar-refractivity contribution in [1.29, 1.82) is 0 Å². The van der Waals surface area contributed by atoms with Crippen LogP contribution < -0.4 is 0 Å². The van der Waals surface area contributed by atoms with E-state index < -0.39 is 6.10 Å². The van der Waals surface area contributed by atoms with E-state index in [1.165, 1.54) is 0 Å². The van der Waals surface area contributed by atoms with Crippen molar-refractivity contribution in [3.63, 3.8) is 0 Å². The molecule has 1 aromatic rings. The summed E-state index contributed by atoms with van der Waals surface area (Å²) >= 11 is 0. The lowest BCUT2D eigenvalue weighted by Gasteiger charge is -2.23. The molecule has 0 amide bonds. The summed E-state index contributed by atoms with van der Waals surface area (Å²) in [5, 5.41) is 10.1. The van der Waals surface area contributed by atoms with Crippen molar-refractivity contribution in [2.24, 2.45) is 5.92 Å². The second-order valence-electron chi connectivity index (χ2n) is 5.69. The fourth-order valence-corrected chi connectivity index (χ4v) is 2.47. The minimum atomic E-state index is -0.418. The van der Waals surface area contributed by atoms with Crippen molar-refractivity contribution >= 4 is 0 Å². The Bertz CT molecular complexity index is 377. The molecule has 1 aliphatic heterocycles. The van der Waals surface area contributed by atoms with Gasteiger partial charge in [-0.25, -0.2) is 0 Å². The van der Waals surface area contributed by atoms with Crippen molar-refractivity contribution in [1.82, 2.24) is 0 Å². The van der Waals surface area contributed by atoms with E-state index in [-0.39, 0.29) is 18.3 Å². The average molecular weight is 264 g/mol. The smallest absolute Gasteiger partial charge is 0.110 e. The summed E-state index contributed by atoms with van der Waals surface area (Å²) in [6, 6.07) is 10.1. The highest BCUT2D eigenvalue weighted by Crippen LogP contribution is 2.28. The molecular formula is C16H24O3. The predicted octanol–water partition coefficient (Wildman–Crippen LogP) is 2.77. The zero-order valence-electron chi connectivity index (χ0n) is 12.0. The molecule has 0 aliphatic carbocycles. The molecule has 1 heterocycles. The molecule has 2 rings (SSSR count). The van der Waals surface area contributed by atoms with Gasteiger partial charge in [0.2, 0.25) is 0 Å². The van der Waals surface area contributed by atoms with E-state index >= 15 is 0 Å². The fourth-order valence-electron chi connectivity index (χ4n) is 2.47. The van der Waals surface area contributed by atoms with Gasteiger partial charge < -0.3 is 14.6 Å².